The van der Waals surface area contributed by atoms with Crippen LogP contribution in [0.15, 0.2) is 66.7 Å². The van der Waals surface area contributed by atoms with Crippen molar-refractivity contribution < 1.29 is 9.90 Å². The molecular formula is C22H16ClN3O2. The Hall–Kier alpha value is -3.31. The Balaban J connectivity index is 1.68. The van der Waals surface area contributed by atoms with Crippen LogP contribution >= 0.6 is 11.6 Å². The van der Waals surface area contributed by atoms with Crippen LogP contribution in [0.1, 0.15) is 33.4 Å². The number of fused-ring (bicyclic) bond motifs is 2. The fraction of sp³-hybridized carbons (Fsp3) is 0.0909. The summed E-state index contributed by atoms with van der Waals surface area (Å²) in [7, 11) is 0. The summed E-state index contributed by atoms with van der Waals surface area (Å²) in [5.74, 6) is 0.622. The van der Waals surface area contributed by atoms with E-state index in [-0.39, 0.29) is 11.7 Å². The van der Waals surface area contributed by atoms with Gasteiger partial charge >= 0.3 is 0 Å². The highest BCUT2D eigenvalue weighted by molar-refractivity contribution is 6.31. The molecule has 0 saturated heterocycles. The molecule has 0 fully saturated rings. The zero-order valence-electron chi connectivity index (χ0n) is 14.8. The van der Waals surface area contributed by atoms with E-state index in [0.29, 0.717) is 28.5 Å². The van der Waals surface area contributed by atoms with Gasteiger partial charge in [-0.05, 0) is 35.9 Å². The van der Waals surface area contributed by atoms with Crippen LogP contribution in [0.4, 0.5) is 0 Å². The van der Waals surface area contributed by atoms with Crippen molar-refractivity contribution in [1.82, 2.24) is 14.9 Å². The predicted molar refractivity (Wildman–Crippen MR) is 107 cm³/mol. The Labute approximate surface area is 166 Å². The number of phenols is 1. The molecule has 0 bridgehead atoms. The van der Waals surface area contributed by atoms with Crippen molar-refractivity contribution in [2.75, 3.05) is 0 Å². The number of benzene rings is 3. The molecule has 2 heterocycles. The summed E-state index contributed by atoms with van der Waals surface area (Å²) in [5.41, 5.74) is 3.80. The molecule has 6 heteroatoms. The van der Waals surface area contributed by atoms with Gasteiger partial charge in [0.2, 0.25) is 0 Å². The molecule has 5 nitrogen and oxygen atoms in total. The predicted octanol–water partition coefficient (Wildman–Crippen LogP) is 4.67. The summed E-state index contributed by atoms with van der Waals surface area (Å²) in [4.78, 5) is 22.9. The zero-order chi connectivity index (χ0) is 19.3. The van der Waals surface area contributed by atoms with Crippen LogP contribution in [0.5, 0.6) is 5.75 Å². The lowest BCUT2D eigenvalue weighted by Gasteiger charge is -2.27. The van der Waals surface area contributed by atoms with Crippen molar-refractivity contribution in [2.24, 2.45) is 0 Å². The highest BCUT2D eigenvalue weighted by Crippen LogP contribution is 2.38. The highest BCUT2D eigenvalue weighted by atomic mass is 35.5. The summed E-state index contributed by atoms with van der Waals surface area (Å²) in [6.07, 6.45) is 0. The van der Waals surface area contributed by atoms with Crippen molar-refractivity contribution in [3.8, 4) is 5.75 Å². The number of aromatic hydroxyl groups is 1. The number of hydrogen-bond donors (Lipinski definition) is 2. The number of H-pyrrole nitrogens is 1. The number of hydrogen-bond acceptors (Lipinski definition) is 3. The Bertz CT molecular complexity index is 1220. The first-order chi connectivity index (χ1) is 13.6. The summed E-state index contributed by atoms with van der Waals surface area (Å²) in [5, 5.41) is 11.1. The van der Waals surface area contributed by atoms with Crippen molar-refractivity contribution in [3.05, 3.63) is 94.3 Å². The largest absolute Gasteiger partial charge is 0.508 e. The lowest BCUT2D eigenvalue weighted by molar-refractivity contribution is 0.0724. The SMILES string of the molecule is O=C1c2ccccc2CN1C(c1nc2ccc(Cl)cc2[nH]1)c1ccccc1O. The van der Waals surface area contributed by atoms with Gasteiger partial charge in [0.25, 0.3) is 5.91 Å². The second-order valence-electron chi connectivity index (χ2n) is 6.84. The third kappa shape index (κ3) is 2.63. The molecule has 0 saturated carbocycles. The van der Waals surface area contributed by atoms with Gasteiger partial charge in [0.1, 0.15) is 17.6 Å². The van der Waals surface area contributed by atoms with Gasteiger partial charge in [-0.2, -0.15) is 0 Å². The molecule has 5 rings (SSSR count). The topological polar surface area (TPSA) is 69.2 Å². The first kappa shape index (κ1) is 16.8. The van der Waals surface area contributed by atoms with Crippen LogP contribution in [-0.4, -0.2) is 25.9 Å². The van der Waals surface area contributed by atoms with Crippen molar-refractivity contribution >= 4 is 28.5 Å². The molecule has 1 amide bonds. The number of halogens is 1. The van der Waals surface area contributed by atoms with E-state index in [1.54, 1.807) is 29.2 Å². The molecule has 1 aliphatic rings. The minimum Gasteiger partial charge on any atom is -0.508 e. The first-order valence-electron chi connectivity index (χ1n) is 8.94. The lowest BCUT2D eigenvalue weighted by Crippen LogP contribution is -2.30. The van der Waals surface area contributed by atoms with Crippen LogP contribution in [0, 0.1) is 0 Å². The summed E-state index contributed by atoms with van der Waals surface area (Å²) in [6.45, 7) is 0.450. The molecule has 28 heavy (non-hydrogen) atoms. The Morgan fingerprint density at radius 3 is 2.68 bits per heavy atom. The second kappa shape index (κ2) is 6.39. The minimum atomic E-state index is -0.549. The molecule has 1 unspecified atom stereocenters. The van der Waals surface area contributed by atoms with Gasteiger partial charge in [-0.25, -0.2) is 4.98 Å². The van der Waals surface area contributed by atoms with E-state index in [0.717, 1.165) is 16.6 Å². The number of nitrogens with one attached hydrogen (secondary N) is 1. The standard InChI is InChI=1S/C22H16ClN3O2/c23-14-9-10-17-18(11-14)25-21(24-17)20(16-7-3-4-8-19(16)27)26-12-13-5-1-2-6-15(13)22(26)28/h1-11,20,27H,12H2,(H,24,25). The van der Waals surface area contributed by atoms with Crippen molar-refractivity contribution in [2.45, 2.75) is 12.6 Å². The smallest absolute Gasteiger partial charge is 0.255 e. The monoisotopic (exact) mass is 389 g/mol. The minimum absolute atomic E-state index is 0.0812. The van der Waals surface area contributed by atoms with Gasteiger partial charge in [-0.3, -0.25) is 4.79 Å². The molecule has 4 aromatic rings. The Morgan fingerprint density at radius 2 is 1.86 bits per heavy atom. The highest BCUT2D eigenvalue weighted by Gasteiger charge is 2.36. The maximum atomic E-state index is 13.1. The van der Waals surface area contributed by atoms with Crippen LogP contribution in [0.25, 0.3) is 11.0 Å². The molecule has 138 valence electrons. The summed E-state index contributed by atoms with van der Waals surface area (Å²) in [6, 6.07) is 19.5. The number of carbonyl (C=O) groups excluding carboxylic acids is 1. The molecule has 3 aromatic carbocycles. The van der Waals surface area contributed by atoms with Gasteiger partial charge in [0.05, 0.1) is 11.0 Å². The molecule has 1 aromatic heterocycles. The number of phenolic OH excluding ortho intramolecular Hbond substituents is 1. The molecule has 0 aliphatic carbocycles. The first-order valence-corrected chi connectivity index (χ1v) is 9.31. The van der Waals surface area contributed by atoms with E-state index in [9.17, 15) is 9.90 Å². The summed E-state index contributed by atoms with van der Waals surface area (Å²) < 4.78 is 0. The number of imidazole rings is 1. The fourth-order valence-electron chi connectivity index (χ4n) is 3.80. The van der Waals surface area contributed by atoms with Gasteiger partial charge in [0, 0.05) is 22.7 Å². The summed E-state index contributed by atoms with van der Waals surface area (Å²) >= 11 is 6.11. The van der Waals surface area contributed by atoms with E-state index in [4.69, 9.17) is 16.6 Å². The number of amides is 1. The van der Waals surface area contributed by atoms with Crippen LogP contribution in [-0.2, 0) is 6.54 Å². The average molecular weight is 390 g/mol. The second-order valence-corrected chi connectivity index (χ2v) is 7.27. The number of aromatic amines is 1. The van der Waals surface area contributed by atoms with Gasteiger partial charge < -0.3 is 15.0 Å². The molecule has 2 N–H and O–H groups in total. The Kier molecular flexibility index (Phi) is 3.84. The molecular weight excluding hydrogens is 374 g/mol. The van der Waals surface area contributed by atoms with E-state index in [2.05, 4.69) is 4.98 Å². The van der Waals surface area contributed by atoms with Gasteiger partial charge in [-0.15, -0.1) is 0 Å². The van der Waals surface area contributed by atoms with Crippen LogP contribution in [0.2, 0.25) is 5.02 Å². The quantitative estimate of drug-likeness (QED) is 0.535. The van der Waals surface area contributed by atoms with E-state index in [1.165, 1.54) is 0 Å². The maximum absolute atomic E-state index is 13.1. The molecule has 1 aliphatic heterocycles. The van der Waals surface area contributed by atoms with Crippen LogP contribution < -0.4 is 0 Å². The van der Waals surface area contributed by atoms with Crippen molar-refractivity contribution in [3.63, 3.8) is 0 Å². The fourth-order valence-corrected chi connectivity index (χ4v) is 3.97. The molecule has 0 spiro atoms. The molecule has 0 radical (unpaired) electrons. The van der Waals surface area contributed by atoms with E-state index in [1.807, 2.05) is 42.5 Å². The average Bonchev–Trinajstić information content (AvgIpc) is 3.25. The number of aromatic nitrogens is 2. The number of nitrogens with zero attached hydrogens (tertiary/aromatic N) is 2. The third-order valence-electron chi connectivity index (χ3n) is 5.11. The van der Waals surface area contributed by atoms with Gasteiger partial charge in [-0.1, -0.05) is 48.0 Å². The van der Waals surface area contributed by atoms with Crippen molar-refractivity contribution in [1.29, 1.82) is 0 Å². The van der Waals surface area contributed by atoms with Gasteiger partial charge in [0.15, 0.2) is 0 Å². The number of para-hydroxylation sites is 1. The zero-order valence-corrected chi connectivity index (χ0v) is 15.5. The molecule has 1 atom stereocenters. The number of rotatable bonds is 3. The number of carbonyl (C=O) groups is 1. The lowest BCUT2D eigenvalue weighted by atomic mass is 10.0. The van der Waals surface area contributed by atoms with E-state index < -0.39 is 6.04 Å². The Morgan fingerprint density at radius 1 is 1.07 bits per heavy atom. The third-order valence-corrected chi connectivity index (χ3v) is 5.35. The van der Waals surface area contributed by atoms with Crippen LogP contribution in [0.3, 0.4) is 0 Å². The maximum Gasteiger partial charge on any atom is 0.255 e. The normalized spacial score (nSPS) is 14.5. The van der Waals surface area contributed by atoms with E-state index >= 15 is 0 Å².